The summed E-state index contributed by atoms with van der Waals surface area (Å²) in [5.41, 5.74) is 7.43. The van der Waals surface area contributed by atoms with E-state index in [2.05, 4.69) is 15.3 Å². The van der Waals surface area contributed by atoms with Crippen LogP contribution in [0.4, 0.5) is 0 Å². The monoisotopic (exact) mass is 340 g/mol. The van der Waals surface area contributed by atoms with Gasteiger partial charge in [0.15, 0.2) is 0 Å². The van der Waals surface area contributed by atoms with Gasteiger partial charge < -0.3 is 11.1 Å². The van der Waals surface area contributed by atoms with Gasteiger partial charge in [-0.2, -0.15) is 0 Å². The van der Waals surface area contributed by atoms with E-state index in [0.29, 0.717) is 17.9 Å². The second kappa shape index (κ2) is 7.27. The molecule has 0 bridgehead atoms. The molecule has 1 unspecified atom stereocenters. The van der Waals surface area contributed by atoms with Crippen molar-refractivity contribution in [3.63, 3.8) is 0 Å². The Bertz CT molecular complexity index is 792. The van der Waals surface area contributed by atoms with Crippen LogP contribution in [0.1, 0.15) is 21.5 Å². The topological polar surface area (TPSA) is 97.4 Å². The van der Waals surface area contributed by atoms with Crippen molar-refractivity contribution in [3.05, 3.63) is 65.5 Å². The Morgan fingerprint density at radius 1 is 1.29 bits per heavy atom. The molecule has 1 atom stereocenters. The maximum Gasteiger partial charge on any atom is 0.248 e. The van der Waals surface area contributed by atoms with Crippen LogP contribution < -0.4 is 11.1 Å². The van der Waals surface area contributed by atoms with Crippen LogP contribution in [0.2, 0.25) is 0 Å². The van der Waals surface area contributed by atoms with E-state index < -0.39 is 11.9 Å². The Morgan fingerprint density at radius 3 is 2.92 bits per heavy atom. The highest BCUT2D eigenvalue weighted by Gasteiger charge is 2.25. The summed E-state index contributed by atoms with van der Waals surface area (Å²) in [4.78, 5) is 32.0. The lowest BCUT2D eigenvalue weighted by atomic mass is 10.1. The number of rotatable bonds is 5. The highest BCUT2D eigenvalue weighted by atomic mass is 32.2. The molecule has 3 rings (SSSR count). The van der Waals surface area contributed by atoms with E-state index in [-0.39, 0.29) is 5.91 Å². The molecule has 0 saturated carbocycles. The van der Waals surface area contributed by atoms with Crippen LogP contribution in [-0.4, -0.2) is 33.6 Å². The molecule has 1 aliphatic heterocycles. The maximum atomic E-state index is 12.3. The number of nitrogens with two attached hydrogens (primary N) is 1. The summed E-state index contributed by atoms with van der Waals surface area (Å²) in [6.45, 7) is 0.332. The predicted molar refractivity (Wildman–Crippen MR) is 93.8 cm³/mol. The van der Waals surface area contributed by atoms with Crippen LogP contribution in [0.25, 0.3) is 0 Å². The summed E-state index contributed by atoms with van der Waals surface area (Å²) >= 11 is 1.55. The molecule has 1 aromatic carbocycles. The zero-order valence-corrected chi connectivity index (χ0v) is 13.6. The number of thioether (sulfide) groups is 1. The van der Waals surface area contributed by atoms with Crippen molar-refractivity contribution in [3.8, 4) is 0 Å². The number of nitrogens with zero attached hydrogens (tertiary/aromatic N) is 2. The maximum absolute atomic E-state index is 12.3. The molecule has 0 radical (unpaired) electrons. The van der Waals surface area contributed by atoms with Crippen molar-refractivity contribution in [1.29, 1.82) is 0 Å². The molecule has 6 nitrogen and oxygen atoms in total. The van der Waals surface area contributed by atoms with Crippen LogP contribution in [-0.2, 0) is 11.3 Å². The molecule has 3 N–H and O–H groups in total. The number of primary amides is 1. The first-order chi connectivity index (χ1) is 11.6. The average molecular weight is 340 g/mol. The molecule has 24 heavy (non-hydrogen) atoms. The second-order valence-electron chi connectivity index (χ2n) is 5.29. The standard InChI is InChI=1S/C17H16N4O2S/c18-15(22)12-4-1-3-11(7-12)8-20-16(23)14-10-24-17(21-14)13-5-2-6-19-9-13/h1-7,9,14H,8,10H2,(H2,18,22)(H,20,23). The van der Waals surface area contributed by atoms with Gasteiger partial charge in [-0.05, 0) is 29.8 Å². The van der Waals surface area contributed by atoms with Crippen LogP contribution in [0.15, 0.2) is 53.8 Å². The van der Waals surface area contributed by atoms with Gasteiger partial charge in [0.2, 0.25) is 11.8 Å². The van der Waals surface area contributed by atoms with E-state index in [1.807, 2.05) is 18.2 Å². The summed E-state index contributed by atoms with van der Waals surface area (Å²) in [7, 11) is 0. The number of aromatic nitrogens is 1. The number of carbonyl (C=O) groups excluding carboxylic acids is 2. The van der Waals surface area contributed by atoms with Crippen molar-refractivity contribution >= 4 is 28.6 Å². The number of benzene rings is 1. The normalized spacial score (nSPS) is 16.5. The lowest BCUT2D eigenvalue weighted by Crippen LogP contribution is -2.33. The smallest absolute Gasteiger partial charge is 0.248 e. The minimum atomic E-state index is -0.485. The summed E-state index contributed by atoms with van der Waals surface area (Å²) in [5, 5.41) is 3.68. The third-order valence-electron chi connectivity index (χ3n) is 3.54. The van der Waals surface area contributed by atoms with E-state index >= 15 is 0 Å². The van der Waals surface area contributed by atoms with Gasteiger partial charge in [0, 0.05) is 35.8 Å². The van der Waals surface area contributed by atoms with Gasteiger partial charge in [-0.15, -0.1) is 11.8 Å². The fraction of sp³-hybridized carbons (Fsp3) is 0.176. The predicted octanol–water partition coefficient (Wildman–Crippen LogP) is 1.36. The van der Waals surface area contributed by atoms with Gasteiger partial charge in [0.25, 0.3) is 0 Å². The van der Waals surface area contributed by atoms with Crippen LogP contribution in [0, 0.1) is 0 Å². The second-order valence-corrected chi connectivity index (χ2v) is 6.29. The van der Waals surface area contributed by atoms with Gasteiger partial charge >= 0.3 is 0 Å². The minimum Gasteiger partial charge on any atom is -0.366 e. The Labute approximate surface area is 143 Å². The number of carbonyl (C=O) groups is 2. The molecule has 1 aliphatic rings. The largest absolute Gasteiger partial charge is 0.366 e. The van der Waals surface area contributed by atoms with Crippen molar-refractivity contribution in [2.24, 2.45) is 10.7 Å². The first-order valence-electron chi connectivity index (χ1n) is 7.41. The molecule has 1 aromatic heterocycles. The van der Waals surface area contributed by atoms with E-state index in [4.69, 9.17) is 5.73 Å². The summed E-state index contributed by atoms with van der Waals surface area (Å²) in [6, 6.07) is 10.3. The lowest BCUT2D eigenvalue weighted by molar-refractivity contribution is -0.121. The van der Waals surface area contributed by atoms with Crippen molar-refractivity contribution in [2.45, 2.75) is 12.6 Å². The van der Waals surface area contributed by atoms with Gasteiger partial charge in [0.1, 0.15) is 11.1 Å². The number of aliphatic imine (C=N–C) groups is 1. The van der Waals surface area contributed by atoms with Crippen molar-refractivity contribution in [1.82, 2.24) is 10.3 Å². The molecular formula is C17H16N4O2S. The van der Waals surface area contributed by atoms with E-state index in [0.717, 1.165) is 16.2 Å². The molecule has 2 heterocycles. The fourth-order valence-corrected chi connectivity index (χ4v) is 3.33. The number of pyridine rings is 1. The molecule has 122 valence electrons. The quantitative estimate of drug-likeness (QED) is 0.859. The van der Waals surface area contributed by atoms with Crippen molar-refractivity contribution < 1.29 is 9.59 Å². The first kappa shape index (κ1) is 16.2. The Hall–Kier alpha value is -2.67. The van der Waals surface area contributed by atoms with Crippen LogP contribution in [0.3, 0.4) is 0 Å². The Kier molecular flexibility index (Phi) is 4.90. The van der Waals surface area contributed by atoms with E-state index in [1.165, 1.54) is 0 Å². The molecule has 0 fully saturated rings. The number of hydrogen-bond acceptors (Lipinski definition) is 5. The van der Waals surface area contributed by atoms with Gasteiger partial charge in [0.05, 0.1) is 0 Å². The lowest BCUT2D eigenvalue weighted by Gasteiger charge is -2.08. The van der Waals surface area contributed by atoms with Gasteiger partial charge in [-0.1, -0.05) is 12.1 Å². The number of hydrogen-bond donors (Lipinski definition) is 2. The molecule has 0 saturated heterocycles. The minimum absolute atomic E-state index is 0.133. The van der Waals surface area contributed by atoms with Gasteiger partial charge in [-0.3, -0.25) is 19.6 Å². The third kappa shape index (κ3) is 3.80. The SMILES string of the molecule is NC(=O)c1cccc(CNC(=O)C2CSC(c3cccnc3)=N2)c1. The number of nitrogens with one attached hydrogen (secondary N) is 1. The highest BCUT2D eigenvalue weighted by molar-refractivity contribution is 8.14. The molecule has 2 amide bonds. The average Bonchev–Trinajstić information content (AvgIpc) is 3.11. The summed E-state index contributed by atoms with van der Waals surface area (Å²) in [6.07, 6.45) is 3.44. The summed E-state index contributed by atoms with van der Waals surface area (Å²) in [5.74, 6) is -0.0100. The molecule has 2 aromatic rings. The number of amides is 2. The Morgan fingerprint density at radius 2 is 2.17 bits per heavy atom. The molecule has 0 aliphatic carbocycles. The zero-order chi connectivity index (χ0) is 16.9. The first-order valence-corrected chi connectivity index (χ1v) is 8.39. The Balaban J connectivity index is 1.61. The van der Waals surface area contributed by atoms with Crippen molar-refractivity contribution in [2.75, 3.05) is 5.75 Å². The van der Waals surface area contributed by atoms with E-state index in [9.17, 15) is 9.59 Å². The summed E-state index contributed by atoms with van der Waals surface area (Å²) < 4.78 is 0. The van der Waals surface area contributed by atoms with E-state index in [1.54, 1.807) is 42.4 Å². The van der Waals surface area contributed by atoms with Crippen LogP contribution >= 0.6 is 11.8 Å². The zero-order valence-electron chi connectivity index (χ0n) is 12.8. The molecule has 7 heteroatoms. The fourth-order valence-electron chi connectivity index (χ4n) is 2.30. The van der Waals surface area contributed by atoms with Gasteiger partial charge in [-0.25, -0.2) is 0 Å². The van der Waals surface area contributed by atoms with Crippen LogP contribution in [0.5, 0.6) is 0 Å². The third-order valence-corrected chi connectivity index (χ3v) is 4.64. The molecular weight excluding hydrogens is 324 g/mol. The highest BCUT2D eigenvalue weighted by Crippen LogP contribution is 2.23. The molecule has 0 spiro atoms.